The molecule has 4 N–H and O–H groups in total. The van der Waals surface area contributed by atoms with Gasteiger partial charge in [0.25, 0.3) is 0 Å². The Morgan fingerprint density at radius 1 is 1.50 bits per heavy atom. The van der Waals surface area contributed by atoms with E-state index in [4.69, 9.17) is 10.8 Å². The highest BCUT2D eigenvalue weighted by molar-refractivity contribution is 7.98. The molecule has 100 valence electrons. The minimum absolute atomic E-state index is 0.204. The van der Waals surface area contributed by atoms with Gasteiger partial charge in [-0.1, -0.05) is 0 Å². The van der Waals surface area contributed by atoms with Gasteiger partial charge in [-0.2, -0.15) is 11.8 Å². The van der Waals surface area contributed by atoms with Crippen molar-refractivity contribution in [1.82, 2.24) is 4.72 Å². The Balaban J connectivity index is 3.12. The van der Waals surface area contributed by atoms with Crippen LogP contribution < -0.4 is 10.5 Å². The number of aromatic carboxylic acids is 1. The Labute approximate surface area is 110 Å². The van der Waals surface area contributed by atoms with Gasteiger partial charge in [0, 0.05) is 18.0 Å². The molecule has 0 aromatic heterocycles. The third-order valence-corrected chi connectivity index (χ3v) is 4.25. The zero-order valence-electron chi connectivity index (χ0n) is 9.71. The lowest BCUT2D eigenvalue weighted by atomic mass is 10.2. The minimum Gasteiger partial charge on any atom is -0.478 e. The van der Waals surface area contributed by atoms with E-state index in [9.17, 15) is 13.2 Å². The lowest BCUT2D eigenvalue weighted by Crippen LogP contribution is -2.27. The van der Waals surface area contributed by atoms with Gasteiger partial charge in [-0.15, -0.1) is 0 Å². The van der Waals surface area contributed by atoms with E-state index in [-0.39, 0.29) is 22.7 Å². The van der Waals surface area contributed by atoms with E-state index < -0.39 is 16.0 Å². The third kappa shape index (κ3) is 3.62. The fraction of sp³-hybridized carbons (Fsp3) is 0.300. The zero-order chi connectivity index (χ0) is 13.8. The van der Waals surface area contributed by atoms with Crippen LogP contribution in [0.2, 0.25) is 0 Å². The largest absolute Gasteiger partial charge is 0.478 e. The van der Waals surface area contributed by atoms with Crippen LogP contribution in [0, 0.1) is 0 Å². The molecule has 1 aromatic carbocycles. The fourth-order valence-electron chi connectivity index (χ4n) is 1.30. The molecule has 0 saturated carbocycles. The van der Waals surface area contributed by atoms with Crippen molar-refractivity contribution in [3.05, 3.63) is 23.8 Å². The average molecular weight is 290 g/mol. The molecular weight excluding hydrogens is 276 g/mol. The highest BCUT2D eigenvalue weighted by Gasteiger charge is 2.21. The average Bonchev–Trinajstić information content (AvgIpc) is 2.28. The second kappa shape index (κ2) is 6.07. The van der Waals surface area contributed by atoms with Gasteiger partial charge in [-0.25, -0.2) is 17.9 Å². The predicted octanol–water partition coefficient (Wildman–Crippen LogP) is 0.608. The fourth-order valence-corrected chi connectivity index (χ4v) is 2.95. The molecule has 1 rings (SSSR count). The van der Waals surface area contributed by atoms with Gasteiger partial charge in [0.1, 0.15) is 0 Å². The van der Waals surface area contributed by atoms with Gasteiger partial charge in [0.2, 0.25) is 10.0 Å². The second-order valence-corrected chi connectivity index (χ2v) is 6.17. The molecular formula is C10H14N2O4S2. The molecule has 0 bridgehead atoms. The standard InChI is InChI=1S/C10H14N2O4S2/c1-17-5-4-12-18(15,16)9-3-2-7(11)6-8(9)10(13)14/h2-3,6,12H,4-5,11H2,1H3,(H,13,14). The number of carboxylic acids is 1. The first-order valence-electron chi connectivity index (χ1n) is 5.00. The van der Waals surface area contributed by atoms with E-state index >= 15 is 0 Å². The highest BCUT2D eigenvalue weighted by atomic mass is 32.2. The molecule has 1 aromatic rings. The van der Waals surface area contributed by atoms with E-state index in [0.717, 1.165) is 6.07 Å². The highest BCUT2D eigenvalue weighted by Crippen LogP contribution is 2.18. The number of rotatable bonds is 6. The van der Waals surface area contributed by atoms with E-state index in [1.807, 2.05) is 6.26 Å². The molecule has 0 fully saturated rings. The van der Waals surface area contributed by atoms with E-state index in [1.54, 1.807) is 0 Å². The molecule has 0 spiro atoms. The SMILES string of the molecule is CSCCNS(=O)(=O)c1ccc(N)cc1C(=O)O. The van der Waals surface area contributed by atoms with Gasteiger partial charge >= 0.3 is 5.97 Å². The Morgan fingerprint density at radius 2 is 2.17 bits per heavy atom. The van der Waals surface area contributed by atoms with Crippen LogP contribution in [0.5, 0.6) is 0 Å². The maximum Gasteiger partial charge on any atom is 0.337 e. The molecule has 0 aliphatic rings. The van der Waals surface area contributed by atoms with Gasteiger partial charge in [-0.05, 0) is 24.5 Å². The molecule has 8 heteroatoms. The summed E-state index contributed by atoms with van der Waals surface area (Å²) in [5.74, 6) is -0.719. The normalized spacial score (nSPS) is 11.4. The van der Waals surface area contributed by atoms with Crippen molar-refractivity contribution in [3.8, 4) is 0 Å². The first kappa shape index (κ1) is 14.8. The third-order valence-electron chi connectivity index (χ3n) is 2.12. The van der Waals surface area contributed by atoms with Gasteiger partial charge in [0.05, 0.1) is 10.5 Å². The van der Waals surface area contributed by atoms with E-state index in [2.05, 4.69) is 4.72 Å². The van der Waals surface area contributed by atoms with Crippen molar-refractivity contribution < 1.29 is 18.3 Å². The van der Waals surface area contributed by atoms with Crippen molar-refractivity contribution in [2.24, 2.45) is 0 Å². The second-order valence-electron chi connectivity index (χ2n) is 3.45. The Bertz CT molecular complexity index is 543. The van der Waals surface area contributed by atoms with Crippen LogP contribution >= 0.6 is 11.8 Å². The number of hydrogen-bond donors (Lipinski definition) is 3. The number of benzene rings is 1. The van der Waals surface area contributed by atoms with Crippen LogP contribution in [0.1, 0.15) is 10.4 Å². The lowest BCUT2D eigenvalue weighted by Gasteiger charge is -2.09. The molecule has 0 amide bonds. The molecule has 0 unspecified atom stereocenters. The maximum absolute atomic E-state index is 11.9. The van der Waals surface area contributed by atoms with Crippen LogP contribution in [-0.4, -0.2) is 38.0 Å². The summed E-state index contributed by atoms with van der Waals surface area (Å²) in [5, 5.41) is 8.97. The van der Waals surface area contributed by atoms with Crippen LogP contribution in [0.3, 0.4) is 0 Å². The van der Waals surface area contributed by atoms with Crippen molar-refractivity contribution in [2.45, 2.75) is 4.90 Å². The molecule has 0 atom stereocenters. The molecule has 0 aliphatic carbocycles. The lowest BCUT2D eigenvalue weighted by molar-refractivity contribution is 0.0692. The predicted molar refractivity (Wildman–Crippen MR) is 71.4 cm³/mol. The number of thioether (sulfide) groups is 1. The minimum atomic E-state index is -3.82. The Morgan fingerprint density at radius 3 is 2.72 bits per heavy atom. The number of carboxylic acid groups (broad SMARTS) is 1. The molecule has 0 radical (unpaired) electrons. The molecule has 18 heavy (non-hydrogen) atoms. The zero-order valence-corrected chi connectivity index (χ0v) is 11.3. The number of nitrogens with one attached hydrogen (secondary N) is 1. The number of nitrogen functional groups attached to an aromatic ring is 1. The number of nitrogens with two attached hydrogens (primary N) is 1. The smallest absolute Gasteiger partial charge is 0.337 e. The van der Waals surface area contributed by atoms with Crippen LogP contribution in [0.4, 0.5) is 5.69 Å². The van der Waals surface area contributed by atoms with Gasteiger partial charge < -0.3 is 10.8 Å². The van der Waals surface area contributed by atoms with Crippen molar-refractivity contribution in [3.63, 3.8) is 0 Å². The van der Waals surface area contributed by atoms with Gasteiger partial charge in [0.15, 0.2) is 0 Å². The summed E-state index contributed by atoms with van der Waals surface area (Å²) in [6.45, 7) is 0.243. The molecule has 0 heterocycles. The molecule has 0 aliphatic heterocycles. The van der Waals surface area contributed by atoms with E-state index in [1.165, 1.54) is 23.9 Å². The summed E-state index contributed by atoms with van der Waals surface area (Å²) in [6.07, 6.45) is 1.85. The molecule has 0 saturated heterocycles. The maximum atomic E-state index is 11.9. The summed E-state index contributed by atoms with van der Waals surface area (Å²) < 4.78 is 26.2. The van der Waals surface area contributed by atoms with Crippen LogP contribution in [-0.2, 0) is 10.0 Å². The number of sulfonamides is 1. The first-order chi connectivity index (χ1) is 8.38. The first-order valence-corrected chi connectivity index (χ1v) is 7.87. The number of hydrogen-bond acceptors (Lipinski definition) is 5. The monoisotopic (exact) mass is 290 g/mol. The number of carbonyl (C=O) groups is 1. The van der Waals surface area contributed by atoms with Crippen molar-refractivity contribution in [1.29, 1.82) is 0 Å². The number of anilines is 1. The quantitative estimate of drug-likeness (QED) is 0.523. The van der Waals surface area contributed by atoms with Crippen molar-refractivity contribution >= 4 is 33.4 Å². The summed E-state index contributed by atoms with van der Waals surface area (Å²) in [5.41, 5.74) is 5.33. The van der Waals surface area contributed by atoms with Crippen LogP contribution in [0.15, 0.2) is 23.1 Å². The Hall–Kier alpha value is -1.25. The van der Waals surface area contributed by atoms with Gasteiger partial charge in [-0.3, -0.25) is 0 Å². The van der Waals surface area contributed by atoms with E-state index in [0.29, 0.717) is 5.75 Å². The molecule has 6 nitrogen and oxygen atoms in total. The van der Waals surface area contributed by atoms with Crippen molar-refractivity contribution in [2.75, 3.05) is 24.3 Å². The Kier molecular flexibility index (Phi) is 5.00. The van der Waals surface area contributed by atoms with Crippen LogP contribution in [0.25, 0.3) is 0 Å². The summed E-state index contributed by atoms with van der Waals surface area (Å²) >= 11 is 1.49. The summed E-state index contributed by atoms with van der Waals surface area (Å²) in [4.78, 5) is 10.7. The summed E-state index contributed by atoms with van der Waals surface area (Å²) in [7, 11) is -3.82. The topological polar surface area (TPSA) is 109 Å². The summed E-state index contributed by atoms with van der Waals surface area (Å²) in [6, 6.07) is 3.68.